The molecular weight excluding hydrogens is 225 g/mol. The molecule has 0 aromatic carbocycles. The Labute approximate surface area is 98.1 Å². The molecule has 0 radical (unpaired) electrons. The van der Waals surface area contributed by atoms with E-state index in [1.54, 1.807) is 5.82 Å². The smallest absolute Gasteiger partial charge is 0.356 e. The molecule has 0 spiro atoms. The standard InChI is InChI=1S/C11H22NO3P/c1-5-12(6-2)11(10(3)4)9-16(13)14-7-8-15-16/h9-10H,5-8H2,1-4H3. The van der Waals surface area contributed by atoms with E-state index in [0.29, 0.717) is 19.1 Å². The van der Waals surface area contributed by atoms with E-state index in [9.17, 15) is 4.57 Å². The van der Waals surface area contributed by atoms with Crippen molar-refractivity contribution in [3.63, 3.8) is 0 Å². The summed E-state index contributed by atoms with van der Waals surface area (Å²) in [6.45, 7) is 11.0. The number of allylic oxidation sites excluding steroid dienone is 1. The van der Waals surface area contributed by atoms with Crippen LogP contribution in [0.1, 0.15) is 27.7 Å². The summed E-state index contributed by atoms with van der Waals surface area (Å²) >= 11 is 0. The average molecular weight is 247 g/mol. The SMILES string of the molecule is CCN(CC)C(=CP1(=O)OCCO1)C(C)C. The van der Waals surface area contributed by atoms with Crippen LogP contribution in [0.15, 0.2) is 11.5 Å². The molecule has 0 saturated carbocycles. The lowest BCUT2D eigenvalue weighted by atomic mass is 10.1. The topological polar surface area (TPSA) is 38.8 Å². The molecule has 0 aromatic heterocycles. The molecule has 0 unspecified atom stereocenters. The van der Waals surface area contributed by atoms with Gasteiger partial charge in [-0.05, 0) is 19.8 Å². The van der Waals surface area contributed by atoms with E-state index >= 15 is 0 Å². The predicted octanol–water partition coefficient (Wildman–Crippen LogP) is 3.07. The van der Waals surface area contributed by atoms with Crippen LogP contribution in [0, 0.1) is 5.92 Å². The highest BCUT2D eigenvalue weighted by Gasteiger charge is 2.29. The van der Waals surface area contributed by atoms with Crippen molar-refractivity contribution in [1.29, 1.82) is 0 Å². The summed E-state index contributed by atoms with van der Waals surface area (Å²) in [5.74, 6) is 2.01. The fraction of sp³-hybridized carbons (Fsp3) is 0.818. The minimum absolute atomic E-state index is 0.318. The molecule has 4 nitrogen and oxygen atoms in total. The molecule has 1 saturated heterocycles. The second-order valence-corrected chi connectivity index (χ2v) is 5.94. The Hall–Kier alpha value is -0.310. The monoisotopic (exact) mass is 247 g/mol. The molecule has 5 heteroatoms. The van der Waals surface area contributed by atoms with Crippen LogP contribution < -0.4 is 0 Å². The first-order valence-corrected chi connectivity index (χ1v) is 7.50. The lowest BCUT2D eigenvalue weighted by Gasteiger charge is -2.27. The normalized spacial score (nSPS) is 20.4. The highest BCUT2D eigenvalue weighted by atomic mass is 31.2. The van der Waals surface area contributed by atoms with Gasteiger partial charge in [-0.1, -0.05) is 13.8 Å². The molecule has 0 aliphatic carbocycles. The minimum atomic E-state index is -2.96. The summed E-state index contributed by atoms with van der Waals surface area (Å²) in [5, 5.41) is 0. The first-order valence-electron chi connectivity index (χ1n) is 5.89. The number of hydrogen-bond acceptors (Lipinski definition) is 4. The first-order chi connectivity index (χ1) is 7.52. The molecule has 1 rings (SSSR count). The minimum Gasteiger partial charge on any atom is -0.375 e. The third-order valence-corrected chi connectivity index (χ3v) is 4.30. The Balaban J connectivity index is 2.92. The summed E-state index contributed by atoms with van der Waals surface area (Å²) in [7, 11) is -2.96. The Morgan fingerprint density at radius 2 is 1.81 bits per heavy atom. The molecule has 1 heterocycles. The van der Waals surface area contributed by atoms with Crippen molar-refractivity contribution in [2.24, 2.45) is 5.92 Å². The van der Waals surface area contributed by atoms with Crippen LogP contribution in [0.2, 0.25) is 0 Å². The fourth-order valence-electron chi connectivity index (χ4n) is 1.79. The summed E-state index contributed by atoms with van der Waals surface area (Å²) in [5.41, 5.74) is 1.05. The molecule has 1 fully saturated rings. The van der Waals surface area contributed by atoms with Gasteiger partial charge in [0.15, 0.2) is 0 Å². The fourth-order valence-corrected chi connectivity index (χ4v) is 3.45. The van der Waals surface area contributed by atoms with E-state index in [4.69, 9.17) is 9.05 Å². The van der Waals surface area contributed by atoms with Crippen molar-refractivity contribution in [1.82, 2.24) is 4.90 Å². The van der Waals surface area contributed by atoms with E-state index in [-0.39, 0.29) is 0 Å². The third kappa shape index (κ3) is 3.34. The van der Waals surface area contributed by atoms with Crippen molar-refractivity contribution < 1.29 is 13.6 Å². The molecule has 94 valence electrons. The van der Waals surface area contributed by atoms with Crippen molar-refractivity contribution in [3.05, 3.63) is 11.5 Å². The zero-order valence-electron chi connectivity index (χ0n) is 10.6. The summed E-state index contributed by atoms with van der Waals surface area (Å²) < 4.78 is 22.5. The molecule has 0 N–H and O–H groups in total. The Bertz CT molecular complexity index is 288. The van der Waals surface area contributed by atoms with Gasteiger partial charge in [0, 0.05) is 24.6 Å². The van der Waals surface area contributed by atoms with E-state index in [1.165, 1.54) is 0 Å². The van der Waals surface area contributed by atoms with Crippen LogP contribution in [-0.2, 0) is 13.6 Å². The van der Waals surface area contributed by atoms with Gasteiger partial charge in [0.2, 0.25) is 0 Å². The average Bonchev–Trinajstić information content (AvgIpc) is 2.65. The van der Waals surface area contributed by atoms with Crippen LogP contribution in [0.4, 0.5) is 0 Å². The maximum Gasteiger partial charge on any atom is 0.356 e. The highest BCUT2D eigenvalue weighted by molar-refractivity contribution is 7.57. The first kappa shape index (κ1) is 13.8. The second kappa shape index (κ2) is 5.85. The van der Waals surface area contributed by atoms with Crippen LogP contribution in [0.25, 0.3) is 0 Å². The summed E-state index contributed by atoms with van der Waals surface area (Å²) in [4.78, 5) is 2.19. The van der Waals surface area contributed by atoms with Gasteiger partial charge in [-0.25, -0.2) is 0 Å². The summed E-state index contributed by atoms with van der Waals surface area (Å²) in [6, 6.07) is 0. The van der Waals surface area contributed by atoms with Crippen LogP contribution in [0.3, 0.4) is 0 Å². The van der Waals surface area contributed by atoms with Crippen molar-refractivity contribution in [2.75, 3.05) is 26.3 Å². The molecule has 1 aliphatic heterocycles. The van der Waals surface area contributed by atoms with Crippen LogP contribution in [0.5, 0.6) is 0 Å². The molecule has 0 aromatic rings. The predicted molar refractivity (Wildman–Crippen MR) is 65.4 cm³/mol. The maximum atomic E-state index is 12.1. The lowest BCUT2D eigenvalue weighted by molar-refractivity contribution is 0.335. The van der Waals surface area contributed by atoms with Crippen LogP contribution in [-0.4, -0.2) is 31.2 Å². The molecular formula is C11H22NO3P. The van der Waals surface area contributed by atoms with E-state index in [2.05, 4.69) is 32.6 Å². The van der Waals surface area contributed by atoms with Gasteiger partial charge in [0.05, 0.1) is 13.2 Å². The van der Waals surface area contributed by atoms with E-state index in [0.717, 1.165) is 18.8 Å². The molecule has 0 bridgehead atoms. The highest BCUT2D eigenvalue weighted by Crippen LogP contribution is 2.54. The van der Waals surface area contributed by atoms with Crippen molar-refractivity contribution in [3.8, 4) is 0 Å². The Morgan fingerprint density at radius 3 is 2.19 bits per heavy atom. The van der Waals surface area contributed by atoms with Crippen molar-refractivity contribution >= 4 is 7.60 Å². The third-order valence-electron chi connectivity index (χ3n) is 2.64. The van der Waals surface area contributed by atoms with Gasteiger partial charge < -0.3 is 13.9 Å². The lowest BCUT2D eigenvalue weighted by Crippen LogP contribution is -2.25. The quantitative estimate of drug-likeness (QED) is 0.700. The number of rotatable bonds is 5. The zero-order chi connectivity index (χ0) is 12.2. The molecule has 16 heavy (non-hydrogen) atoms. The second-order valence-electron chi connectivity index (χ2n) is 4.09. The zero-order valence-corrected chi connectivity index (χ0v) is 11.5. The Kier molecular flexibility index (Phi) is 5.03. The van der Waals surface area contributed by atoms with Gasteiger partial charge in [-0.15, -0.1) is 0 Å². The van der Waals surface area contributed by atoms with Gasteiger partial charge in [-0.2, -0.15) is 0 Å². The van der Waals surface area contributed by atoms with Gasteiger partial charge in [-0.3, -0.25) is 4.57 Å². The summed E-state index contributed by atoms with van der Waals surface area (Å²) in [6.07, 6.45) is 0. The largest absolute Gasteiger partial charge is 0.375 e. The van der Waals surface area contributed by atoms with Gasteiger partial charge >= 0.3 is 7.60 Å². The Morgan fingerprint density at radius 1 is 1.31 bits per heavy atom. The van der Waals surface area contributed by atoms with Crippen molar-refractivity contribution in [2.45, 2.75) is 27.7 Å². The van der Waals surface area contributed by atoms with E-state index < -0.39 is 7.60 Å². The van der Waals surface area contributed by atoms with Gasteiger partial charge in [0.1, 0.15) is 0 Å². The van der Waals surface area contributed by atoms with Crippen LogP contribution >= 0.6 is 7.60 Å². The molecule has 0 atom stereocenters. The van der Waals surface area contributed by atoms with E-state index in [1.807, 2.05) is 0 Å². The number of nitrogens with zero attached hydrogens (tertiary/aromatic N) is 1. The molecule has 0 amide bonds. The number of hydrogen-bond donors (Lipinski definition) is 0. The molecule has 1 aliphatic rings. The van der Waals surface area contributed by atoms with Gasteiger partial charge in [0.25, 0.3) is 0 Å². The maximum absolute atomic E-state index is 12.1.